The van der Waals surface area contributed by atoms with Gasteiger partial charge in [-0.1, -0.05) is 0 Å². The summed E-state index contributed by atoms with van der Waals surface area (Å²) in [5.74, 6) is -1.83. The number of hydrogen-bond acceptors (Lipinski definition) is 5. The lowest BCUT2D eigenvalue weighted by molar-refractivity contribution is 0.163. The topological polar surface area (TPSA) is 119 Å². The van der Waals surface area contributed by atoms with Crippen molar-refractivity contribution in [3.05, 3.63) is 0 Å². The normalized spacial score (nSPS) is 35.6. The highest BCUT2D eigenvalue weighted by molar-refractivity contribution is 5.55. The SMILES string of the molecule is N#CC1CC(C#N)(CC=N)CC(C#N)C1C#N. The van der Waals surface area contributed by atoms with Crippen molar-refractivity contribution in [3.63, 3.8) is 0 Å². The number of nitrogens with one attached hydrogen (secondary N) is 1. The van der Waals surface area contributed by atoms with E-state index in [1.165, 1.54) is 0 Å². The molecule has 2 unspecified atom stereocenters. The van der Waals surface area contributed by atoms with Crippen LogP contribution in [0.1, 0.15) is 19.3 Å². The molecule has 0 saturated heterocycles. The molecule has 0 spiro atoms. The van der Waals surface area contributed by atoms with Crippen LogP contribution in [0.2, 0.25) is 0 Å². The van der Waals surface area contributed by atoms with E-state index in [4.69, 9.17) is 21.2 Å². The Bertz CT molecular complexity index is 443. The smallest absolute Gasteiger partial charge is 0.0780 e. The minimum absolute atomic E-state index is 0.234. The molecule has 2 atom stereocenters. The number of rotatable bonds is 2. The van der Waals surface area contributed by atoms with Gasteiger partial charge in [-0.15, -0.1) is 0 Å². The minimum atomic E-state index is -0.837. The van der Waals surface area contributed by atoms with E-state index in [-0.39, 0.29) is 19.3 Å². The fraction of sp³-hybridized carbons (Fsp3) is 0.583. The maximum atomic E-state index is 9.20. The number of hydrogen-bond donors (Lipinski definition) is 1. The van der Waals surface area contributed by atoms with E-state index in [1.807, 2.05) is 18.2 Å². The molecule has 0 aliphatic heterocycles. The van der Waals surface area contributed by atoms with E-state index in [2.05, 4.69) is 6.07 Å². The second kappa shape index (κ2) is 5.11. The Morgan fingerprint density at radius 1 is 1.06 bits per heavy atom. The Hall–Kier alpha value is -2.37. The van der Waals surface area contributed by atoms with Gasteiger partial charge < -0.3 is 5.41 Å². The van der Waals surface area contributed by atoms with Gasteiger partial charge >= 0.3 is 0 Å². The van der Waals surface area contributed by atoms with Gasteiger partial charge in [-0.25, -0.2) is 0 Å². The van der Waals surface area contributed by atoms with Crippen molar-refractivity contribution < 1.29 is 0 Å². The first kappa shape index (κ1) is 12.7. The Labute approximate surface area is 100 Å². The molecule has 1 rings (SSSR count). The highest BCUT2D eigenvalue weighted by atomic mass is 14.5. The maximum absolute atomic E-state index is 9.20. The molecule has 0 aromatic carbocycles. The first-order chi connectivity index (χ1) is 8.16. The van der Waals surface area contributed by atoms with Crippen LogP contribution in [0.25, 0.3) is 0 Å². The summed E-state index contributed by atoms with van der Waals surface area (Å²) in [6.07, 6.45) is 1.91. The zero-order valence-electron chi connectivity index (χ0n) is 9.22. The van der Waals surface area contributed by atoms with E-state index >= 15 is 0 Å². The molecule has 1 aliphatic carbocycles. The average molecular weight is 225 g/mol. The number of nitrogens with zero attached hydrogens (tertiary/aromatic N) is 4. The Balaban J connectivity index is 3.10. The average Bonchev–Trinajstić information content (AvgIpc) is 2.37. The summed E-state index contributed by atoms with van der Waals surface area (Å²) in [6.45, 7) is 0. The molecule has 0 bridgehead atoms. The lowest BCUT2D eigenvalue weighted by Crippen LogP contribution is -2.37. The predicted octanol–water partition coefficient (Wildman–Crippen LogP) is 1.75. The molecular formula is C12H11N5. The van der Waals surface area contributed by atoms with Crippen LogP contribution < -0.4 is 0 Å². The van der Waals surface area contributed by atoms with Gasteiger partial charge in [0.05, 0.1) is 47.4 Å². The second-order valence-electron chi connectivity index (χ2n) is 4.33. The second-order valence-corrected chi connectivity index (χ2v) is 4.33. The molecular weight excluding hydrogens is 214 g/mol. The van der Waals surface area contributed by atoms with Gasteiger partial charge in [0, 0.05) is 6.42 Å². The lowest BCUT2D eigenvalue weighted by atomic mass is 9.61. The highest BCUT2D eigenvalue weighted by Crippen LogP contribution is 2.46. The Morgan fingerprint density at radius 3 is 1.88 bits per heavy atom. The van der Waals surface area contributed by atoms with Gasteiger partial charge in [-0.05, 0) is 19.1 Å². The summed E-state index contributed by atoms with van der Waals surface area (Å²) in [5.41, 5.74) is -0.837. The van der Waals surface area contributed by atoms with E-state index in [9.17, 15) is 5.26 Å². The molecule has 0 aromatic heterocycles. The molecule has 1 N–H and O–H groups in total. The monoisotopic (exact) mass is 225 g/mol. The van der Waals surface area contributed by atoms with E-state index < -0.39 is 23.2 Å². The quantitative estimate of drug-likeness (QED) is 0.719. The zero-order valence-corrected chi connectivity index (χ0v) is 9.22. The lowest BCUT2D eigenvalue weighted by Gasteiger charge is -2.37. The summed E-state index contributed by atoms with van der Waals surface area (Å²) in [5, 5.41) is 43.3. The minimum Gasteiger partial charge on any atom is -0.313 e. The molecule has 0 aromatic rings. The zero-order chi connectivity index (χ0) is 12.9. The van der Waals surface area contributed by atoms with E-state index in [1.54, 1.807) is 0 Å². The summed E-state index contributed by atoms with van der Waals surface area (Å²) < 4.78 is 0. The summed E-state index contributed by atoms with van der Waals surface area (Å²) >= 11 is 0. The van der Waals surface area contributed by atoms with Crippen LogP contribution in [0.5, 0.6) is 0 Å². The summed E-state index contributed by atoms with van der Waals surface area (Å²) in [4.78, 5) is 0. The van der Waals surface area contributed by atoms with Crippen molar-refractivity contribution in [2.45, 2.75) is 19.3 Å². The predicted molar refractivity (Wildman–Crippen MR) is 58.0 cm³/mol. The standard InChI is InChI=1S/C12H11N5/c13-2-1-12(8-17)3-9(5-14)11(7-16)10(4-12)6-15/h2,9-11,13H,1,3-4H2. The maximum Gasteiger partial charge on any atom is 0.0780 e. The molecule has 0 radical (unpaired) electrons. The summed E-state index contributed by atoms with van der Waals surface area (Å²) in [6, 6.07) is 8.16. The van der Waals surface area contributed by atoms with Crippen LogP contribution in [-0.4, -0.2) is 6.21 Å². The van der Waals surface area contributed by atoms with Crippen molar-refractivity contribution in [1.82, 2.24) is 0 Å². The van der Waals surface area contributed by atoms with Crippen LogP contribution in [0, 0.1) is 73.9 Å². The van der Waals surface area contributed by atoms with Crippen molar-refractivity contribution >= 4 is 6.21 Å². The van der Waals surface area contributed by atoms with Gasteiger partial charge in [0.25, 0.3) is 0 Å². The van der Waals surface area contributed by atoms with E-state index in [0.29, 0.717) is 0 Å². The van der Waals surface area contributed by atoms with Crippen LogP contribution in [0.4, 0.5) is 0 Å². The first-order valence-corrected chi connectivity index (χ1v) is 5.25. The van der Waals surface area contributed by atoms with E-state index in [0.717, 1.165) is 6.21 Å². The van der Waals surface area contributed by atoms with Crippen LogP contribution in [0.15, 0.2) is 0 Å². The Morgan fingerprint density at radius 2 is 1.59 bits per heavy atom. The fourth-order valence-electron chi connectivity index (χ4n) is 2.39. The largest absolute Gasteiger partial charge is 0.313 e. The first-order valence-electron chi connectivity index (χ1n) is 5.25. The van der Waals surface area contributed by atoms with Gasteiger partial charge in [-0.2, -0.15) is 21.0 Å². The fourth-order valence-corrected chi connectivity index (χ4v) is 2.39. The third kappa shape index (κ3) is 2.25. The third-order valence-electron chi connectivity index (χ3n) is 3.30. The van der Waals surface area contributed by atoms with Crippen molar-refractivity contribution in [1.29, 1.82) is 26.5 Å². The molecule has 0 amide bonds. The molecule has 5 nitrogen and oxygen atoms in total. The summed E-state index contributed by atoms with van der Waals surface area (Å²) in [7, 11) is 0. The van der Waals surface area contributed by atoms with Crippen LogP contribution >= 0.6 is 0 Å². The molecule has 84 valence electrons. The molecule has 0 heterocycles. The number of nitriles is 4. The van der Waals surface area contributed by atoms with Crippen molar-refractivity contribution in [2.75, 3.05) is 0 Å². The Kier molecular flexibility index (Phi) is 3.82. The van der Waals surface area contributed by atoms with Gasteiger partial charge in [0.2, 0.25) is 0 Å². The van der Waals surface area contributed by atoms with Gasteiger partial charge in [0.1, 0.15) is 0 Å². The molecule has 1 aliphatic rings. The van der Waals surface area contributed by atoms with Crippen molar-refractivity contribution in [3.8, 4) is 24.3 Å². The molecule has 17 heavy (non-hydrogen) atoms. The van der Waals surface area contributed by atoms with Crippen LogP contribution in [-0.2, 0) is 0 Å². The van der Waals surface area contributed by atoms with Gasteiger partial charge in [-0.3, -0.25) is 0 Å². The third-order valence-corrected chi connectivity index (χ3v) is 3.30. The van der Waals surface area contributed by atoms with Gasteiger partial charge in [0.15, 0.2) is 0 Å². The molecule has 1 saturated carbocycles. The highest BCUT2D eigenvalue weighted by Gasteiger charge is 2.46. The van der Waals surface area contributed by atoms with Crippen molar-refractivity contribution in [2.24, 2.45) is 23.2 Å². The van der Waals surface area contributed by atoms with Crippen LogP contribution in [0.3, 0.4) is 0 Å². The molecule has 5 heteroatoms. The molecule has 1 fully saturated rings.